The number of nitrogens with one attached hydrogen (secondary N) is 2. The van der Waals surface area contributed by atoms with Crippen LogP contribution in [0.1, 0.15) is 10.5 Å². The van der Waals surface area contributed by atoms with Crippen LogP contribution in [0.3, 0.4) is 0 Å². The summed E-state index contributed by atoms with van der Waals surface area (Å²) in [5.41, 5.74) is 0.950. The van der Waals surface area contributed by atoms with Gasteiger partial charge in [0, 0.05) is 16.4 Å². The smallest absolute Gasteiger partial charge is 0.355 e. The highest BCUT2D eigenvalue weighted by atomic mass is 79.9. The Balaban J connectivity index is 1.82. The van der Waals surface area contributed by atoms with E-state index in [0.717, 1.165) is 4.47 Å². The van der Waals surface area contributed by atoms with E-state index in [-0.39, 0.29) is 12.5 Å². The fourth-order valence-electron chi connectivity index (χ4n) is 1.41. The standard InChI is InChI=1S/C13H11BrN2O3/c14-9-6-11(15-7-9)13(18)19-8-12(17)16-10-4-2-1-3-5-10/h1-7,15H,8H2,(H,16,17). The van der Waals surface area contributed by atoms with E-state index in [1.165, 1.54) is 0 Å². The number of benzene rings is 1. The lowest BCUT2D eigenvalue weighted by Gasteiger charge is -2.05. The van der Waals surface area contributed by atoms with Gasteiger partial charge in [0.2, 0.25) is 0 Å². The zero-order chi connectivity index (χ0) is 13.7. The number of carbonyl (C=O) groups excluding carboxylic acids is 2. The predicted molar refractivity (Wildman–Crippen MR) is 73.8 cm³/mol. The number of esters is 1. The van der Waals surface area contributed by atoms with Crippen LogP contribution >= 0.6 is 15.9 Å². The molecule has 0 aliphatic heterocycles. The molecule has 1 heterocycles. The molecule has 98 valence electrons. The fourth-order valence-corrected chi connectivity index (χ4v) is 1.76. The number of amides is 1. The van der Waals surface area contributed by atoms with Crippen molar-refractivity contribution in [2.24, 2.45) is 0 Å². The van der Waals surface area contributed by atoms with Gasteiger partial charge >= 0.3 is 5.97 Å². The number of hydrogen-bond acceptors (Lipinski definition) is 3. The van der Waals surface area contributed by atoms with E-state index in [4.69, 9.17) is 4.74 Å². The highest BCUT2D eigenvalue weighted by molar-refractivity contribution is 9.10. The highest BCUT2D eigenvalue weighted by Gasteiger charge is 2.11. The van der Waals surface area contributed by atoms with Crippen molar-refractivity contribution in [3.05, 3.63) is 52.8 Å². The summed E-state index contributed by atoms with van der Waals surface area (Å²) in [5.74, 6) is -0.959. The first kappa shape index (κ1) is 13.4. The molecule has 0 spiro atoms. The molecule has 2 rings (SSSR count). The van der Waals surface area contributed by atoms with Crippen LogP contribution in [-0.4, -0.2) is 23.5 Å². The molecule has 0 aliphatic carbocycles. The van der Waals surface area contributed by atoms with Crippen molar-refractivity contribution < 1.29 is 14.3 Å². The van der Waals surface area contributed by atoms with E-state index in [1.807, 2.05) is 6.07 Å². The number of aromatic nitrogens is 1. The number of aromatic amines is 1. The Labute approximate surface area is 118 Å². The third-order valence-corrected chi connectivity index (χ3v) is 2.72. The molecule has 1 aromatic heterocycles. The number of anilines is 1. The van der Waals surface area contributed by atoms with Crippen LogP contribution in [0, 0.1) is 0 Å². The van der Waals surface area contributed by atoms with Gasteiger partial charge in [-0.3, -0.25) is 4.79 Å². The first-order valence-electron chi connectivity index (χ1n) is 5.51. The largest absolute Gasteiger partial charge is 0.451 e. The molecule has 1 aromatic carbocycles. The Hall–Kier alpha value is -2.08. The molecule has 19 heavy (non-hydrogen) atoms. The molecule has 0 aliphatic rings. The lowest BCUT2D eigenvalue weighted by atomic mass is 10.3. The molecule has 0 saturated heterocycles. The van der Waals surface area contributed by atoms with Crippen molar-refractivity contribution in [3.8, 4) is 0 Å². The minimum Gasteiger partial charge on any atom is -0.451 e. The van der Waals surface area contributed by atoms with E-state index < -0.39 is 5.97 Å². The number of para-hydroxylation sites is 1. The van der Waals surface area contributed by atoms with Crippen molar-refractivity contribution in [2.45, 2.75) is 0 Å². The van der Waals surface area contributed by atoms with Crippen LogP contribution < -0.4 is 5.32 Å². The maximum absolute atomic E-state index is 11.6. The number of H-pyrrole nitrogens is 1. The van der Waals surface area contributed by atoms with Crippen molar-refractivity contribution in [1.29, 1.82) is 0 Å². The zero-order valence-corrected chi connectivity index (χ0v) is 11.4. The van der Waals surface area contributed by atoms with Gasteiger partial charge in [-0.1, -0.05) is 18.2 Å². The Morgan fingerprint density at radius 2 is 2.00 bits per heavy atom. The molecule has 0 atom stereocenters. The van der Waals surface area contributed by atoms with Gasteiger partial charge in [-0.15, -0.1) is 0 Å². The predicted octanol–water partition coefficient (Wildman–Crippen LogP) is 2.57. The number of rotatable bonds is 4. The first-order valence-corrected chi connectivity index (χ1v) is 6.30. The summed E-state index contributed by atoms with van der Waals surface area (Å²) in [4.78, 5) is 25.8. The second kappa shape index (κ2) is 6.19. The third-order valence-electron chi connectivity index (χ3n) is 2.26. The van der Waals surface area contributed by atoms with Crippen LogP contribution in [0.25, 0.3) is 0 Å². The third kappa shape index (κ3) is 3.96. The van der Waals surface area contributed by atoms with Gasteiger partial charge in [0.25, 0.3) is 5.91 Å². The zero-order valence-electron chi connectivity index (χ0n) is 9.85. The molecule has 1 amide bonds. The van der Waals surface area contributed by atoms with Crippen LogP contribution in [-0.2, 0) is 9.53 Å². The monoisotopic (exact) mass is 322 g/mol. The Bertz CT molecular complexity index is 581. The summed E-state index contributed by atoms with van der Waals surface area (Å²) in [6, 6.07) is 10.5. The van der Waals surface area contributed by atoms with Crippen LogP contribution in [0.4, 0.5) is 5.69 Å². The molecule has 2 aromatic rings. The summed E-state index contributed by atoms with van der Waals surface area (Å²) in [7, 11) is 0. The van der Waals surface area contributed by atoms with Crippen molar-refractivity contribution in [3.63, 3.8) is 0 Å². The molecular weight excluding hydrogens is 312 g/mol. The van der Waals surface area contributed by atoms with E-state index >= 15 is 0 Å². The van der Waals surface area contributed by atoms with Gasteiger partial charge in [0.15, 0.2) is 6.61 Å². The van der Waals surface area contributed by atoms with E-state index in [9.17, 15) is 9.59 Å². The summed E-state index contributed by atoms with van der Waals surface area (Å²) in [6.07, 6.45) is 1.61. The number of hydrogen-bond donors (Lipinski definition) is 2. The lowest BCUT2D eigenvalue weighted by molar-refractivity contribution is -0.119. The molecule has 0 fully saturated rings. The highest BCUT2D eigenvalue weighted by Crippen LogP contribution is 2.11. The summed E-state index contributed by atoms with van der Waals surface area (Å²) in [5, 5.41) is 2.62. The fraction of sp³-hybridized carbons (Fsp3) is 0.0769. The summed E-state index contributed by atoms with van der Waals surface area (Å²) < 4.78 is 5.62. The minimum atomic E-state index is -0.575. The van der Waals surface area contributed by atoms with E-state index in [2.05, 4.69) is 26.2 Å². The Morgan fingerprint density at radius 3 is 2.63 bits per heavy atom. The normalized spacial score (nSPS) is 9.95. The molecule has 5 nitrogen and oxygen atoms in total. The second-order valence-electron chi connectivity index (χ2n) is 3.72. The van der Waals surface area contributed by atoms with Crippen molar-refractivity contribution in [2.75, 3.05) is 11.9 Å². The quantitative estimate of drug-likeness (QED) is 0.850. The van der Waals surface area contributed by atoms with E-state index in [1.54, 1.807) is 36.5 Å². The first-order chi connectivity index (χ1) is 9.15. The molecule has 0 bridgehead atoms. The molecule has 0 unspecified atom stereocenters. The van der Waals surface area contributed by atoms with Gasteiger partial charge in [0.05, 0.1) is 0 Å². The second-order valence-corrected chi connectivity index (χ2v) is 4.64. The number of halogens is 1. The molecular formula is C13H11BrN2O3. The molecule has 6 heteroatoms. The van der Waals surface area contributed by atoms with Gasteiger partial charge < -0.3 is 15.0 Å². The lowest BCUT2D eigenvalue weighted by Crippen LogP contribution is -2.20. The minimum absolute atomic E-state index is 0.291. The molecule has 2 N–H and O–H groups in total. The molecule has 0 saturated carbocycles. The maximum Gasteiger partial charge on any atom is 0.355 e. The topological polar surface area (TPSA) is 71.2 Å². The van der Waals surface area contributed by atoms with Crippen LogP contribution in [0.5, 0.6) is 0 Å². The van der Waals surface area contributed by atoms with Gasteiger partial charge in [-0.2, -0.15) is 0 Å². The molecule has 0 radical (unpaired) electrons. The summed E-state index contributed by atoms with van der Waals surface area (Å²) in [6.45, 7) is -0.329. The Morgan fingerprint density at radius 1 is 1.26 bits per heavy atom. The average molecular weight is 323 g/mol. The summed E-state index contributed by atoms with van der Waals surface area (Å²) >= 11 is 3.21. The van der Waals surface area contributed by atoms with Gasteiger partial charge in [-0.25, -0.2) is 4.79 Å². The van der Waals surface area contributed by atoms with Crippen LogP contribution in [0.2, 0.25) is 0 Å². The van der Waals surface area contributed by atoms with Crippen molar-refractivity contribution >= 4 is 33.5 Å². The van der Waals surface area contributed by atoms with Crippen molar-refractivity contribution in [1.82, 2.24) is 4.98 Å². The number of ether oxygens (including phenoxy) is 1. The van der Waals surface area contributed by atoms with E-state index in [0.29, 0.717) is 11.4 Å². The van der Waals surface area contributed by atoms with Gasteiger partial charge in [0.1, 0.15) is 5.69 Å². The SMILES string of the molecule is O=C(COC(=O)c1cc(Br)c[nH]1)Nc1ccccc1. The van der Waals surface area contributed by atoms with Crippen LogP contribution in [0.15, 0.2) is 47.1 Å². The average Bonchev–Trinajstić information content (AvgIpc) is 2.84. The Kier molecular flexibility index (Phi) is 4.35. The van der Waals surface area contributed by atoms with Gasteiger partial charge in [-0.05, 0) is 34.1 Å². The number of carbonyl (C=O) groups is 2. The maximum atomic E-state index is 11.6.